The summed E-state index contributed by atoms with van der Waals surface area (Å²) in [6.07, 6.45) is 4.77. The Bertz CT molecular complexity index is 204. The molecule has 60 valence electrons. The maximum Gasteiger partial charge on any atom is 0.162 e. The van der Waals surface area contributed by atoms with E-state index in [2.05, 4.69) is 0 Å². The molecule has 0 aromatic heterocycles. The molecule has 0 spiro atoms. The van der Waals surface area contributed by atoms with E-state index in [-0.39, 0.29) is 30.5 Å². The van der Waals surface area contributed by atoms with Gasteiger partial charge in [-0.25, -0.2) is 8.42 Å². The molecule has 0 amide bonds. The van der Waals surface area contributed by atoms with Crippen molar-refractivity contribution in [2.24, 2.45) is 5.73 Å². The average molecular weight is 184 g/mol. The van der Waals surface area contributed by atoms with Crippen molar-refractivity contribution >= 4 is 22.2 Å². The minimum absolute atomic E-state index is 0. The van der Waals surface area contributed by atoms with Gasteiger partial charge >= 0.3 is 0 Å². The molecular weight excluding hydrogens is 174 g/mol. The van der Waals surface area contributed by atoms with E-state index >= 15 is 0 Å². The molecule has 0 aliphatic carbocycles. The predicted molar refractivity (Wildman–Crippen MR) is 43.8 cm³/mol. The Morgan fingerprint density at radius 1 is 1.50 bits per heavy atom. The van der Waals surface area contributed by atoms with E-state index in [4.69, 9.17) is 12.2 Å². The molecule has 0 saturated heterocycles. The zero-order valence-electron chi connectivity index (χ0n) is 5.41. The summed E-state index contributed by atoms with van der Waals surface area (Å²) in [5.41, 5.74) is 5.00. The van der Waals surface area contributed by atoms with Gasteiger partial charge in [-0.2, -0.15) is 0 Å². The van der Waals surface area contributed by atoms with Crippen LogP contribution in [-0.4, -0.2) is 26.5 Å². The smallest absolute Gasteiger partial charge is 0.162 e. The summed E-state index contributed by atoms with van der Waals surface area (Å²) in [7, 11) is -3.04. The van der Waals surface area contributed by atoms with Gasteiger partial charge in [0.1, 0.15) is 5.75 Å². The van der Waals surface area contributed by atoms with Crippen molar-refractivity contribution in [1.82, 2.24) is 0 Å². The number of halogens is 1. The first-order valence-corrected chi connectivity index (χ1v) is 4.28. The summed E-state index contributed by atoms with van der Waals surface area (Å²) >= 11 is 0. The zero-order chi connectivity index (χ0) is 7.33. The molecule has 0 aromatic rings. The summed E-state index contributed by atoms with van der Waals surface area (Å²) in [6.45, 7) is 0.143. The van der Waals surface area contributed by atoms with Crippen LogP contribution in [0.15, 0.2) is 0 Å². The quantitative estimate of drug-likeness (QED) is 0.596. The van der Waals surface area contributed by atoms with Gasteiger partial charge in [0.15, 0.2) is 9.84 Å². The lowest BCUT2D eigenvalue weighted by Gasteiger charge is -1.93. The highest BCUT2D eigenvalue weighted by molar-refractivity contribution is 7.91. The van der Waals surface area contributed by atoms with Crippen molar-refractivity contribution in [2.45, 2.75) is 0 Å². The molecule has 0 aliphatic heterocycles. The number of nitrogens with two attached hydrogens (primary N) is 1. The van der Waals surface area contributed by atoms with Crippen LogP contribution in [-0.2, 0) is 9.84 Å². The topological polar surface area (TPSA) is 60.2 Å². The Hall–Kier alpha value is -0.240. The first-order valence-electron chi connectivity index (χ1n) is 2.46. The van der Waals surface area contributed by atoms with Crippen LogP contribution in [0.4, 0.5) is 0 Å². The summed E-state index contributed by atoms with van der Waals surface area (Å²) in [5.74, 6) is 1.83. The van der Waals surface area contributed by atoms with Crippen molar-refractivity contribution in [3.8, 4) is 12.3 Å². The third kappa shape index (κ3) is 5.89. The van der Waals surface area contributed by atoms with Gasteiger partial charge in [-0.1, -0.05) is 5.92 Å². The molecule has 0 unspecified atom stereocenters. The van der Waals surface area contributed by atoms with Crippen molar-refractivity contribution in [3.63, 3.8) is 0 Å². The van der Waals surface area contributed by atoms with Gasteiger partial charge in [0.25, 0.3) is 0 Å². The van der Waals surface area contributed by atoms with E-state index in [1.807, 2.05) is 5.92 Å². The fourth-order valence-electron chi connectivity index (χ4n) is 0.379. The van der Waals surface area contributed by atoms with Crippen LogP contribution in [0, 0.1) is 12.3 Å². The maximum atomic E-state index is 10.6. The number of hydrogen-bond acceptors (Lipinski definition) is 3. The third-order valence-electron chi connectivity index (χ3n) is 0.732. The monoisotopic (exact) mass is 183 g/mol. The Kier molecular flexibility index (Phi) is 6.89. The number of hydrogen-bond donors (Lipinski definition) is 1. The number of terminal acetylenes is 1. The average Bonchev–Trinajstić information content (AvgIpc) is 1.64. The van der Waals surface area contributed by atoms with Crippen LogP contribution in [0.5, 0.6) is 0 Å². The molecule has 0 atom stereocenters. The first-order chi connectivity index (χ1) is 4.12. The first kappa shape index (κ1) is 12.4. The van der Waals surface area contributed by atoms with E-state index in [0.717, 1.165) is 0 Å². The van der Waals surface area contributed by atoms with Crippen molar-refractivity contribution < 1.29 is 8.42 Å². The SMILES string of the molecule is C#CCS(=O)(=O)CCN.Cl. The second kappa shape index (κ2) is 5.54. The van der Waals surface area contributed by atoms with Crippen LogP contribution < -0.4 is 5.73 Å². The maximum absolute atomic E-state index is 10.6. The molecular formula is C5H10ClNO2S. The molecule has 0 fully saturated rings. The second-order valence-corrected chi connectivity index (χ2v) is 3.77. The molecule has 0 radical (unpaired) electrons. The van der Waals surface area contributed by atoms with Crippen molar-refractivity contribution in [1.29, 1.82) is 0 Å². The van der Waals surface area contributed by atoms with E-state index < -0.39 is 9.84 Å². The Balaban J connectivity index is 0. The summed E-state index contributed by atoms with van der Waals surface area (Å²) in [5, 5.41) is 0. The molecule has 0 heterocycles. The van der Waals surface area contributed by atoms with Crippen LogP contribution in [0.3, 0.4) is 0 Å². The summed E-state index contributed by atoms with van der Waals surface area (Å²) in [6, 6.07) is 0. The lowest BCUT2D eigenvalue weighted by atomic mass is 10.8. The molecule has 0 aliphatic rings. The van der Waals surface area contributed by atoms with Gasteiger partial charge in [-0.3, -0.25) is 0 Å². The van der Waals surface area contributed by atoms with Crippen molar-refractivity contribution in [2.75, 3.05) is 18.1 Å². The van der Waals surface area contributed by atoms with Gasteiger partial charge in [-0.05, 0) is 0 Å². The fraction of sp³-hybridized carbons (Fsp3) is 0.600. The van der Waals surface area contributed by atoms with E-state index in [0.29, 0.717) is 0 Å². The highest BCUT2D eigenvalue weighted by Gasteiger charge is 2.04. The largest absolute Gasteiger partial charge is 0.329 e. The molecule has 2 N–H and O–H groups in total. The van der Waals surface area contributed by atoms with Crippen LogP contribution in [0.2, 0.25) is 0 Å². The number of rotatable bonds is 3. The number of sulfone groups is 1. The zero-order valence-corrected chi connectivity index (χ0v) is 7.04. The second-order valence-electron chi connectivity index (χ2n) is 1.58. The van der Waals surface area contributed by atoms with Gasteiger partial charge in [0.05, 0.1) is 5.75 Å². The van der Waals surface area contributed by atoms with Gasteiger partial charge < -0.3 is 5.73 Å². The molecule has 10 heavy (non-hydrogen) atoms. The lowest BCUT2D eigenvalue weighted by molar-refractivity contribution is 0.599. The molecule has 0 bridgehead atoms. The van der Waals surface area contributed by atoms with Crippen molar-refractivity contribution in [3.05, 3.63) is 0 Å². The highest BCUT2D eigenvalue weighted by Crippen LogP contribution is 1.84. The lowest BCUT2D eigenvalue weighted by Crippen LogP contribution is -2.17. The molecule has 0 saturated carbocycles. The summed E-state index contributed by atoms with van der Waals surface area (Å²) in [4.78, 5) is 0. The van der Waals surface area contributed by atoms with E-state index in [1.54, 1.807) is 0 Å². The Morgan fingerprint density at radius 3 is 2.30 bits per heavy atom. The van der Waals surface area contributed by atoms with Crippen LogP contribution >= 0.6 is 12.4 Å². The van der Waals surface area contributed by atoms with Crippen LogP contribution in [0.1, 0.15) is 0 Å². The van der Waals surface area contributed by atoms with Gasteiger partial charge in [0.2, 0.25) is 0 Å². The highest BCUT2D eigenvalue weighted by atomic mass is 35.5. The van der Waals surface area contributed by atoms with Gasteiger partial charge in [0, 0.05) is 6.54 Å². The molecule has 0 aromatic carbocycles. The minimum atomic E-state index is -3.04. The van der Waals surface area contributed by atoms with E-state index in [1.165, 1.54) is 0 Å². The normalized spacial score (nSPS) is 9.60. The standard InChI is InChI=1S/C5H9NO2S.ClH/c1-2-4-9(7,8)5-3-6;/h1H,3-6H2;1H. The summed E-state index contributed by atoms with van der Waals surface area (Å²) < 4.78 is 21.2. The van der Waals surface area contributed by atoms with Gasteiger partial charge in [-0.15, -0.1) is 18.8 Å². The predicted octanol–water partition coefficient (Wildman–Crippen LogP) is -0.585. The Morgan fingerprint density at radius 2 is 2.00 bits per heavy atom. The van der Waals surface area contributed by atoms with Crippen LogP contribution in [0.25, 0.3) is 0 Å². The molecule has 3 nitrogen and oxygen atoms in total. The fourth-order valence-corrected chi connectivity index (χ4v) is 1.14. The van der Waals surface area contributed by atoms with E-state index in [9.17, 15) is 8.42 Å². The molecule has 5 heteroatoms. The Labute approximate surface area is 67.3 Å². The third-order valence-corrected chi connectivity index (χ3v) is 2.20. The minimum Gasteiger partial charge on any atom is -0.329 e. The molecule has 0 rings (SSSR count).